The number of carbonyl (C=O) groups excluding carboxylic acids is 4. The van der Waals surface area contributed by atoms with Crippen LogP contribution in [0.25, 0.3) is 0 Å². The van der Waals surface area contributed by atoms with Gasteiger partial charge in [-0.1, -0.05) is 44.2 Å². The van der Waals surface area contributed by atoms with E-state index in [0.717, 1.165) is 0 Å². The average Bonchev–Trinajstić information content (AvgIpc) is 2.82. The molecule has 12 nitrogen and oxygen atoms in total. The van der Waals surface area contributed by atoms with Crippen molar-refractivity contribution in [3.63, 3.8) is 0 Å². The van der Waals surface area contributed by atoms with Crippen molar-refractivity contribution in [1.82, 2.24) is 16.0 Å². The van der Waals surface area contributed by atoms with Crippen LogP contribution in [-0.4, -0.2) is 65.4 Å². The molecule has 1 aromatic carbocycles. The van der Waals surface area contributed by atoms with Gasteiger partial charge < -0.3 is 38.3 Å². The second kappa shape index (κ2) is 15.5. The van der Waals surface area contributed by atoms with E-state index < -0.39 is 60.2 Å². The number of primary amides is 1. The van der Waals surface area contributed by atoms with Crippen LogP contribution >= 0.6 is 0 Å². The summed E-state index contributed by atoms with van der Waals surface area (Å²) in [5.41, 5.74) is 17.3. The standard InChI is InChI=1S/C24H38N6O6/c1-14(2)20(27)23(34)29-17(13-19(26)31)22(33)28-16(10-6-7-11-25)21(32)30-18(24(35)36)12-15-8-4-3-5-9-15/h3-5,8-9,14,16-18,20H,6-7,10-13,25,27H2,1-2H3,(H2,26,31)(H,28,33)(H,29,34)(H,30,32)(H,35,36). The predicted octanol–water partition coefficient (Wildman–Crippen LogP) is -1.24. The summed E-state index contributed by atoms with van der Waals surface area (Å²) >= 11 is 0. The number of hydrogen-bond donors (Lipinski definition) is 7. The van der Waals surface area contributed by atoms with Gasteiger partial charge in [-0.25, -0.2) is 4.79 Å². The maximum absolute atomic E-state index is 13.0. The highest BCUT2D eigenvalue weighted by atomic mass is 16.4. The number of carboxylic acid groups (broad SMARTS) is 1. The summed E-state index contributed by atoms with van der Waals surface area (Å²) < 4.78 is 0. The molecule has 0 aliphatic heterocycles. The summed E-state index contributed by atoms with van der Waals surface area (Å²) in [5, 5.41) is 17.0. The number of nitrogens with two attached hydrogens (primary N) is 3. The third-order valence-corrected chi connectivity index (χ3v) is 5.54. The van der Waals surface area contributed by atoms with Gasteiger partial charge in [0.2, 0.25) is 23.6 Å². The molecule has 36 heavy (non-hydrogen) atoms. The molecule has 12 heteroatoms. The summed E-state index contributed by atoms with van der Waals surface area (Å²) in [5.74, 6) is -4.49. The summed E-state index contributed by atoms with van der Waals surface area (Å²) in [6, 6.07) is 4.12. The Labute approximate surface area is 210 Å². The lowest BCUT2D eigenvalue weighted by Crippen LogP contribution is -2.58. The number of hydrogen-bond acceptors (Lipinski definition) is 7. The van der Waals surface area contributed by atoms with Crippen molar-refractivity contribution in [2.45, 2.75) is 70.1 Å². The molecule has 0 heterocycles. The molecule has 0 saturated heterocycles. The molecule has 1 rings (SSSR count). The lowest BCUT2D eigenvalue weighted by molar-refractivity contribution is -0.142. The molecule has 0 radical (unpaired) electrons. The fraction of sp³-hybridized carbons (Fsp3) is 0.542. The summed E-state index contributed by atoms with van der Waals surface area (Å²) in [7, 11) is 0. The lowest BCUT2D eigenvalue weighted by Gasteiger charge is -2.25. The molecule has 0 spiro atoms. The van der Waals surface area contributed by atoms with Crippen molar-refractivity contribution in [1.29, 1.82) is 0 Å². The number of rotatable bonds is 16. The first-order valence-corrected chi connectivity index (χ1v) is 11.9. The highest BCUT2D eigenvalue weighted by molar-refractivity contribution is 5.96. The van der Waals surface area contributed by atoms with E-state index in [1.807, 2.05) is 0 Å². The largest absolute Gasteiger partial charge is 0.480 e. The SMILES string of the molecule is CC(C)C(N)C(=O)NC(CC(N)=O)C(=O)NC(CCCCN)C(=O)NC(Cc1ccccc1)C(=O)O. The highest BCUT2D eigenvalue weighted by Gasteiger charge is 2.31. The number of amides is 4. The monoisotopic (exact) mass is 506 g/mol. The molecule has 0 aliphatic rings. The van der Waals surface area contributed by atoms with Crippen LogP contribution in [0.3, 0.4) is 0 Å². The number of benzene rings is 1. The van der Waals surface area contributed by atoms with Gasteiger partial charge in [-0.05, 0) is 37.3 Å². The van der Waals surface area contributed by atoms with Crippen LogP contribution < -0.4 is 33.2 Å². The normalized spacial score (nSPS) is 14.2. The van der Waals surface area contributed by atoms with Crippen LogP contribution in [0.2, 0.25) is 0 Å². The predicted molar refractivity (Wildman–Crippen MR) is 133 cm³/mol. The van der Waals surface area contributed by atoms with Crippen molar-refractivity contribution < 1.29 is 29.1 Å². The zero-order valence-corrected chi connectivity index (χ0v) is 20.7. The van der Waals surface area contributed by atoms with E-state index in [1.54, 1.807) is 44.2 Å². The topological polar surface area (TPSA) is 220 Å². The Kier molecular flexibility index (Phi) is 13.1. The van der Waals surface area contributed by atoms with Crippen LogP contribution in [0.1, 0.15) is 45.1 Å². The average molecular weight is 507 g/mol. The van der Waals surface area contributed by atoms with E-state index in [2.05, 4.69) is 16.0 Å². The van der Waals surface area contributed by atoms with Crippen molar-refractivity contribution in [2.24, 2.45) is 23.1 Å². The van der Waals surface area contributed by atoms with Crippen molar-refractivity contribution in [3.05, 3.63) is 35.9 Å². The zero-order chi connectivity index (χ0) is 27.3. The Hall–Kier alpha value is -3.51. The van der Waals surface area contributed by atoms with Crippen molar-refractivity contribution in [3.8, 4) is 0 Å². The molecule has 10 N–H and O–H groups in total. The van der Waals surface area contributed by atoms with Gasteiger partial charge in [0.1, 0.15) is 18.1 Å². The summed E-state index contributed by atoms with van der Waals surface area (Å²) in [6.07, 6.45) is 0.729. The van der Waals surface area contributed by atoms with E-state index in [4.69, 9.17) is 17.2 Å². The maximum Gasteiger partial charge on any atom is 0.326 e. The Balaban J connectivity index is 3.02. The molecule has 1 aromatic rings. The van der Waals surface area contributed by atoms with Gasteiger partial charge >= 0.3 is 5.97 Å². The molecule has 4 amide bonds. The maximum atomic E-state index is 13.0. The first kappa shape index (κ1) is 30.5. The lowest BCUT2D eigenvalue weighted by atomic mass is 10.0. The Morgan fingerprint density at radius 1 is 0.861 bits per heavy atom. The third-order valence-electron chi connectivity index (χ3n) is 5.54. The van der Waals surface area contributed by atoms with Gasteiger partial charge in [-0.3, -0.25) is 19.2 Å². The van der Waals surface area contributed by atoms with Crippen LogP contribution in [0, 0.1) is 5.92 Å². The molecule has 0 fully saturated rings. The smallest absolute Gasteiger partial charge is 0.326 e. The van der Waals surface area contributed by atoms with Gasteiger partial charge in [0.05, 0.1) is 12.5 Å². The number of carboxylic acids is 1. The van der Waals surface area contributed by atoms with E-state index in [-0.39, 0.29) is 18.8 Å². The second-order valence-electron chi connectivity index (χ2n) is 8.94. The van der Waals surface area contributed by atoms with Gasteiger partial charge in [-0.15, -0.1) is 0 Å². The van der Waals surface area contributed by atoms with E-state index in [9.17, 15) is 29.1 Å². The van der Waals surface area contributed by atoms with Crippen molar-refractivity contribution in [2.75, 3.05) is 6.54 Å². The van der Waals surface area contributed by atoms with E-state index in [1.165, 1.54) is 0 Å². The van der Waals surface area contributed by atoms with Gasteiger partial charge in [0, 0.05) is 6.42 Å². The molecule has 0 aliphatic carbocycles. The minimum Gasteiger partial charge on any atom is -0.480 e. The quantitative estimate of drug-likeness (QED) is 0.134. The van der Waals surface area contributed by atoms with Crippen LogP contribution in [0.4, 0.5) is 0 Å². The highest BCUT2D eigenvalue weighted by Crippen LogP contribution is 2.07. The Morgan fingerprint density at radius 2 is 1.42 bits per heavy atom. The summed E-state index contributed by atoms with van der Waals surface area (Å²) in [4.78, 5) is 61.7. The van der Waals surface area contributed by atoms with E-state index >= 15 is 0 Å². The zero-order valence-electron chi connectivity index (χ0n) is 20.7. The minimum atomic E-state index is -1.36. The molecule has 200 valence electrons. The number of carbonyl (C=O) groups is 5. The molecular formula is C24H38N6O6. The minimum absolute atomic E-state index is 0.0405. The van der Waals surface area contributed by atoms with Crippen LogP contribution in [0.15, 0.2) is 30.3 Å². The van der Waals surface area contributed by atoms with Crippen LogP contribution in [0.5, 0.6) is 0 Å². The van der Waals surface area contributed by atoms with Gasteiger partial charge in [-0.2, -0.15) is 0 Å². The number of unbranched alkanes of at least 4 members (excludes halogenated alkanes) is 1. The summed E-state index contributed by atoms with van der Waals surface area (Å²) in [6.45, 7) is 3.81. The molecule has 0 aromatic heterocycles. The molecule has 4 atom stereocenters. The van der Waals surface area contributed by atoms with Crippen LogP contribution in [-0.2, 0) is 30.4 Å². The molecule has 4 unspecified atom stereocenters. The second-order valence-corrected chi connectivity index (χ2v) is 8.94. The first-order valence-electron chi connectivity index (χ1n) is 11.9. The number of aliphatic carboxylic acids is 1. The third kappa shape index (κ3) is 10.8. The van der Waals surface area contributed by atoms with E-state index in [0.29, 0.717) is 24.9 Å². The van der Waals surface area contributed by atoms with Gasteiger partial charge in [0.25, 0.3) is 0 Å². The number of nitrogens with one attached hydrogen (secondary N) is 3. The molecule has 0 bridgehead atoms. The Morgan fingerprint density at radius 3 is 1.94 bits per heavy atom. The fourth-order valence-corrected chi connectivity index (χ4v) is 3.34. The fourth-order valence-electron chi connectivity index (χ4n) is 3.34. The van der Waals surface area contributed by atoms with Gasteiger partial charge in [0.15, 0.2) is 0 Å². The first-order chi connectivity index (χ1) is 17.0. The molecule has 0 saturated carbocycles. The molecular weight excluding hydrogens is 468 g/mol. The Bertz CT molecular complexity index is 894. The van der Waals surface area contributed by atoms with Crippen molar-refractivity contribution >= 4 is 29.6 Å².